The van der Waals surface area contributed by atoms with Crippen molar-refractivity contribution in [2.45, 2.75) is 6.54 Å². The fraction of sp³-hybridized carbons (Fsp3) is 0.0800. The molecule has 0 saturated heterocycles. The Labute approximate surface area is 210 Å². The van der Waals surface area contributed by atoms with E-state index < -0.39 is 17.7 Å². The molecule has 0 atom stereocenters. The minimum Gasteiger partial charge on any atom is -0.494 e. The highest BCUT2D eigenvalue weighted by molar-refractivity contribution is 6.38. The van der Waals surface area contributed by atoms with Gasteiger partial charge in [-0.15, -0.1) is 0 Å². The van der Waals surface area contributed by atoms with E-state index in [-0.39, 0.29) is 12.2 Å². The number of methoxy groups -OCH3 is 1. The van der Waals surface area contributed by atoms with Gasteiger partial charge < -0.3 is 15.4 Å². The zero-order valence-electron chi connectivity index (χ0n) is 18.5. The summed E-state index contributed by atoms with van der Waals surface area (Å²) in [7, 11) is 1.47. The SMILES string of the molecule is COc1cccc2cc(C(=O)Nc3cccc(Cl)c3)n(NC(=O)C(=O)NCc3ccc(Cl)cc3)c12. The summed E-state index contributed by atoms with van der Waals surface area (Å²) in [5, 5.41) is 6.94. The van der Waals surface area contributed by atoms with E-state index in [0.29, 0.717) is 32.4 Å². The zero-order valence-corrected chi connectivity index (χ0v) is 20.0. The monoisotopic (exact) mass is 510 g/mol. The summed E-state index contributed by atoms with van der Waals surface area (Å²) in [4.78, 5) is 38.4. The molecule has 0 unspecified atom stereocenters. The summed E-state index contributed by atoms with van der Waals surface area (Å²) >= 11 is 11.9. The lowest BCUT2D eigenvalue weighted by molar-refractivity contribution is -0.136. The van der Waals surface area contributed by atoms with Gasteiger partial charge in [-0.2, -0.15) is 0 Å². The predicted octanol–water partition coefficient (Wildman–Crippen LogP) is 4.60. The number of ether oxygens (including phenoxy) is 1. The van der Waals surface area contributed by atoms with E-state index in [1.165, 1.54) is 11.8 Å². The maximum atomic E-state index is 13.1. The van der Waals surface area contributed by atoms with Gasteiger partial charge in [-0.25, -0.2) is 4.68 Å². The number of aromatic nitrogens is 1. The largest absolute Gasteiger partial charge is 0.494 e. The summed E-state index contributed by atoms with van der Waals surface area (Å²) in [6, 6.07) is 20.3. The fourth-order valence-electron chi connectivity index (χ4n) is 3.45. The molecule has 178 valence electrons. The van der Waals surface area contributed by atoms with Crippen LogP contribution in [-0.2, 0) is 16.1 Å². The number of nitrogens with one attached hydrogen (secondary N) is 3. The van der Waals surface area contributed by atoms with Gasteiger partial charge in [0.1, 0.15) is 17.0 Å². The summed E-state index contributed by atoms with van der Waals surface area (Å²) in [6.45, 7) is 0.126. The smallest absolute Gasteiger partial charge is 0.328 e. The number of nitrogens with zero attached hydrogens (tertiary/aromatic N) is 1. The van der Waals surface area contributed by atoms with E-state index in [2.05, 4.69) is 16.1 Å². The third-order valence-corrected chi connectivity index (χ3v) is 5.59. The molecule has 0 aliphatic heterocycles. The van der Waals surface area contributed by atoms with Crippen LogP contribution < -0.4 is 20.8 Å². The number of anilines is 1. The van der Waals surface area contributed by atoms with Crippen molar-refractivity contribution in [3.8, 4) is 5.75 Å². The normalized spacial score (nSPS) is 10.6. The van der Waals surface area contributed by atoms with Crippen molar-refractivity contribution in [2.75, 3.05) is 17.9 Å². The summed E-state index contributed by atoms with van der Waals surface area (Å²) in [6.07, 6.45) is 0. The summed E-state index contributed by atoms with van der Waals surface area (Å²) < 4.78 is 6.65. The van der Waals surface area contributed by atoms with Crippen molar-refractivity contribution in [2.24, 2.45) is 0 Å². The molecule has 1 heterocycles. The van der Waals surface area contributed by atoms with Crippen LogP contribution in [0, 0.1) is 0 Å². The molecule has 0 bridgehead atoms. The lowest BCUT2D eigenvalue weighted by Gasteiger charge is -2.14. The molecule has 1 aromatic heterocycles. The molecule has 3 N–H and O–H groups in total. The van der Waals surface area contributed by atoms with Crippen LogP contribution in [0.2, 0.25) is 10.0 Å². The van der Waals surface area contributed by atoms with Crippen molar-refractivity contribution in [1.29, 1.82) is 0 Å². The number of benzene rings is 3. The average molecular weight is 511 g/mol. The van der Waals surface area contributed by atoms with Gasteiger partial charge in [0.25, 0.3) is 5.91 Å². The zero-order chi connectivity index (χ0) is 24.9. The first-order valence-corrected chi connectivity index (χ1v) is 11.2. The lowest BCUT2D eigenvalue weighted by Crippen LogP contribution is -2.39. The summed E-state index contributed by atoms with van der Waals surface area (Å²) in [5.74, 6) is -1.95. The number of amides is 3. The van der Waals surface area contributed by atoms with Crippen LogP contribution in [-0.4, -0.2) is 29.5 Å². The van der Waals surface area contributed by atoms with Gasteiger partial charge in [0.05, 0.1) is 7.11 Å². The molecule has 0 fully saturated rings. The lowest BCUT2D eigenvalue weighted by atomic mass is 10.2. The Hall–Kier alpha value is -4.01. The third-order valence-electron chi connectivity index (χ3n) is 5.11. The standard InChI is InChI=1S/C25H20Cl2N4O4/c1-35-21-7-2-4-16-12-20(23(32)29-19-6-3-5-18(27)13-19)31(22(16)21)30-25(34)24(33)28-14-15-8-10-17(26)11-9-15/h2-13H,14H2,1H3,(H,28,33)(H,29,32)(H,30,34). The number of carbonyl (C=O) groups is 3. The van der Waals surface area contributed by atoms with Gasteiger partial charge in [0.2, 0.25) is 0 Å². The van der Waals surface area contributed by atoms with E-state index in [1.54, 1.807) is 72.8 Å². The van der Waals surface area contributed by atoms with E-state index in [9.17, 15) is 14.4 Å². The van der Waals surface area contributed by atoms with Crippen LogP contribution >= 0.6 is 23.2 Å². The Kier molecular flexibility index (Phi) is 7.24. The van der Waals surface area contributed by atoms with Crippen molar-refractivity contribution in [3.63, 3.8) is 0 Å². The highest BCUT2D eigenvalue weighted by Gasteiger charge is 2.22. The maximum absolute atomic E-state index is 13.1. The molecule has 0 radical (unpaired) electrons. The Balaban J connectivity index is 1.60. The minimum atomic E-state index is -0.959. The topological polar surface area (TPSA) is 101 Å². The molecule has 4 rings (SSSR count). The molecule has 0 aliphatic carbocycles. The molecule has 35 heavy (non-hydrogen) atoms. The van der Waals surface area contributed by atoms with Crippen molar-refractivity contribution >= 4 is 57.5 Å². The third kappa shape index (κ3) is 5.56. The van der Waals surface area contributed by atoms with E-state index in [4.69, 9.17) is 27.9 Å². The molecule has 8 nitrogen and oxygen atoms in total. The average Bonchev–Trinajstić information content (AvgIpc) is 3.22. The molecular formula is C25H20Cl2N4O4. The number of hydrogen-bond acceptors (Lipinski definition) is 4. The number of halogens is 2. The first-order valence-electron chi connectivity index (χ1n) is 10.4. The quantitative estimate of drug-likeness (QED) is 0.330. The Morgan fingerprint density at radius 3 is 2.34 bits per heavy atom. The van der Waals surface area contributed by atoms with Crippen LogP contribution in [0.1, 0.15) is 16.1 Å². The van der Waals surface area contributed by atoms with Crippen LogP contribution in [0.4, 0.5) is 5.69 Å². The van der Waals surface area contributed by atoms with Crippen LogP contribution in [0.3, 0.4) is 0 Å². The number of hydrogen-bond donors (Lipinski definition) is 3. The molecule has 10 heteroatoms. The number of carbonyl (C=O) groups excluding carboxylic acids is 3. The van der Waals surface area contributed by atoms with Crippen molar-refractivity contribution < 1.29 is 19.1 Å². The highest BCUT2D eigenvalue weighted by Crippen LogP contribution is 2.28. The molecule has 0 spiro atoms. The number of fused-ring (bicyclic) bond motifs is 1. The van der Waals surface area contributed by atoms with Gasteiger partial charge in [-0.1, -0.05) is 53.5 Å². The summed E-state index contributed by atoms with van der Waals surface area (Å²) in [5.41, 5.74) is 4.26. The van der Waals surface area contributed by atoms with Gasteiger partial charge in [-0.3, -0.25) is 19.8 Å². The van der Waals surface area contributed by atoms with E-state index in [0.717, 1.165) is 5.56 Å². The predicted molar refractivity (Wildman–Crippen MR) is 136 cm³/mol. The Morgan fingerprint density at radius 1 is 0.886 bits per heavy atom. The van der Waals surface area contributed by atoms with E-state index >= 15 is 0 Å². The Morgan fingerprint density at radius 2 is 1.63 bits per heavy atom. The first kappa shape index (κ1) is 24.1. The first-order chi connectivity index (χ1) is 16.9. The molecule has 4 aromatic rings. The molecule has 3 aromatic carbocycles. The fourth-order valence-corrected chi connectivity index (χ4v) is 3.77. The van der Waals surface area contributed by atoms with Gasteiger partial charge in [0.15, 0.2) is 0 Å². The van der Waals surface area contributed by atoms with Crippen LogP contribution in [0.25, 0.3) is 10.9 Å². The number of para-hydroxylation sites is 1. The second-order valence-corrected chi connectivity index (χ2v) is 8.35. The second kappa shape index (κ2) is 10.5. The van der Waals surface area contributed by atoms with E-state index in [1.807, 2.05) is 0 Å². The second-order valence-electron chi connectivity index (χ2n) is 7.48. The Bertz CT molecular complexity index is 1420. The van der Waals surface area contributed by atoms with Gasteiger partial charge in [0, 0.05) is 27.7 Å². The molecule has 3 amide bonds. The maximum Gasteiger partial charge on any atom is 0.328 e. The van der Waals surface area contributed by atoms with Crippen molar-refractivity contribution in [1.82, 2.24) is 9.99 Å². The van der Waals surface area contributed by atoms with Gasteiger partial charge >= 0.3 is 11.8 Å². The van der Waals surface area contributed by atoms with Crippen LogP contribution in [0.15, 0.2) is 72.8 Å². The van der Waals surface area contributed by atoms with Crippen molar-refractivity contribution in [3.05, 3.63) is 94.1 Å². The van der Waals surface area contributed by atoms with Gasteiger partial charge in [-0.05, 0) is 48.0 Å². The molecule has 0 saturated carbocycles. The van der Waals surface area contributed by atoms with Crippen LogP contribution in [0.5, 0.6) is 5.75 Å². The minimum absolute atomic E-state index is 0.0864. The molecular weight excluding hydrogens is 491 g/mol. The highest BCUT2D eigenvalue weighted by atomic mass is 35.5. The number of rotatable bonds is 6. The molecule has 0 aliphatic rings.